The SMILES string of the molecule is O=C(O)Cc1ccc2c(c1)C=CC2=O. The number of benzene rings is 1. The predicted molar refractivity (Wildman–Crippen MR) is 51.1 cm³/mol. The van der Waals surface area contributed by atoms with Crippen molar-refractivity contribution in [1.82, 2.24) is 0 Å². The summed E-state index contributed by atoms with van der Waals surface area (Å²) in [6.07, 6.45) is 3.20. The third-order valence-electron chi connectivity index (χ3n) is 2.15. The highest BCUT2D eigenvalue weighted by atomic mass is 16.4. The van der Waals surface area contributed by atoms with Crippen molar-refractivity contribution < 1.29 is 14.7 Å². The largest absolute Gasteiger partial charge is 0.481 e. The Morgan fingerprint density at radius 2 is 2.07 bits per heavy atom. The van der Waals surface area contributed by atoms with Crippen LogP contribution in [0, 0.1) is 0 Å². The van der Waals surface area contributed by atoms with Gasteiger partial charge in [-0.2, -0.15) is 0 Å². The maximum Gasteiger partial charge on any atom is 0.307 e. The Balaban J connectivity index is 2.37. The second-order valence-electron chi connectivity index (χ2n) is 3.19. The van der Waals surface area contributed by atoms with E-state index < -0.39 is 5.97 Å². The number of carbonyl (C=O) groups excluding carboxylic acids is 1. The highest BCUT2D eigenvalue weighted by Gasteiger charge is 2.13. The van der Waals surface area contributed by atoms with Crippen LogP contribution in [0.4, 0.5) is 0 Å². The molecule has 2 rings (SSSR count). The van der Waals surface area contributed by atoms with Gasteiger partial charge >= 0.3 is 5.97 Å². The van der Waals surface area contributed by atoms with Crippen molar-refractivity contribution in [3.05, 3.63) is 41.0 Å². The summed E-state index contributed by atoms with van der Waals surface area (Å²) in [6, 6.07) is 5.10. The van der Waals surface area contributed by atoms with Crippen molar-refractivity contribution in [2.75, 3.05) is 0 Å². The van der Waals surface area contributed by atoms with Crippen molar-refractivity contribution in [2.45, 2.75) is 6.42 Å². The summed E-state index contributed by atoms with van der Waals surface area (Å²) in [6.45, 7) is 0. The summed E-state index contributed by atoms with van der Waals surface area (Å²) in [7, 11) is 0. The summed E-state index contributed by atoms with van der Waals surface area (Å²) >= 11 is 0. The fourth-order valence-electron chi connectivity index (χ4n) is 1.51. The summed E-state index contributed by atoms with van der Waals surface area (Å²) in [5.74, 6) is -0.875. The molecule has 0 heterocycles. The Morgan fingerprint density at radius 1 is 1.29 bits per heavy atom. The number of ketones is 1. The van der Waals surface area contributed by atoms with Gasteiger partial charge in [-0.3, -0.25) is 9.59 Å². The number of hydrogen-bond donors (Lipinski definition) is 1. The predicted octanol–water partition coefficient (Wildman–Crippen LogP) is 1.52. The van der Waals surface area contributed by atoms with Gasteiger partial charge in [-0.25, -0.2) is 0 Å². The average Bonchev–Trinajstić information content (AvgIpc) is 2.46. The molecule has 1 aliphatic carbocycles. The van der Waals surface area contributed by atoms with Gasteiger partial charge < -0.3 is 5.11 Å². The van der Waals surface area contributed by atoms with Crippen molar-refractivity contribution in [3.8, 4) is 0 Å². The summed E-state index contributed by atoms with van der Waals surface area (Å²) in [5, 5.41) is 8.58. The number of rotatable bonds is 2. The monoisotopic (exact) mass is 188 g/mol. The van der Waals surface area contributed by atoms with Crippen molar-refractivity contribution >= 4 is 17.8 Å². The molecular weight excluding hydrogens is 180 g/mol. The Labute approximate surface area is 80.7 Å². The molecule has 1 N–H and O–H groups in total. The number of carbonyl (C=O) groups is 2. The smallest absolute Gasteiger partial charge is 0.307 e. The lowest BCUT2D eigenvalue weighted by molar-refractivity contribution is -0.136. The topological polar surface area (TPSA) is 54.4 Å². The number of fused-ring (bicyclic) bond motifs is 1. The molecule has 0 spiro atoms. The average molecular weight is 188 g/mol. The van der Waals surface area contributed by atoms with Crippen molar-refractivity contribution in [1.29, 1.82) is 0 Å². The van der Waals surface area contributed by atoms with Crippen LogP contribution in [0.2, 0.25) is 0 Å². The molecule has 0 aliphatic heterocycles. The fraction of sp³-hybridized carbons (Fsp3) is 0.0909. The standard InChI is InChI=1S/C11H8O3/c12-10-4-2-8-5-7(6-11(13)14)1-3-9(8)10/h1-5H,6H2,(H,13,14). The van der Waals surface area contributed by atoms with Gasteiger partial charge in [-0.1, -0.05) is 24.3 Å². The third kappa shape index (κ3) is 1.44. The molecule has 3 nitrogen and oxygen atoms in total. The maximum atomic E-state index is 11.2. The van der Waals surface area contributed by atoms with E-state index in [9.17, 15) is 9.59 Å². The van der Waals surface area contributed by atoms with E-state index in [-0.39, 0.29) is 12.2 Å². The minimum absolute atomic E-state index is 0.00465. The molecule has 70 valence electrons. The molecule has 0 bridgehead atoms. The Kier molecular flexibility index (Phi) is 1.93. The van der Waals surface area contributed by atoms with Crippen LogP contribution in [0.5, 0.6) is 0 Å². The van der Waals surface area contributed by atoms with Crippen LogP contribution >= 0.6 is 0 Å². The molecule has 0 radical (unpaired) electrons. The van der Waals surface area contributed by atoms with Gasteiger partial charge in [0.05, 0.1) is 6.42 Å². The van der Waals surface area contributed by atoms with Gasteiger partial charge in [-0.15, -0.1) is 0 Å². The summed E-state index contributed by atoms with van der Waals surface area (Å²) < 4.78 is 0. The first-order valence-electron chi connectivity index (χ1n) is 4.24. The number of allylic oxidation sites excluding steroid dienone is 1. The molecule has 0 fully saturated rings. The van der Waals surface area contributed by atoms with E-state index in [1.807, 2.05) is 0 Å². The maximum absolute atomic E-state index is 11.2. The van der Waals surface area contributed by atoms with Crippen molar-refractivity contribution in [2.24, 2.45) is 0 Å². The summed E-state index contributed by atoms with van der Waals surface area (Å²) in [4.78, 5) is 21.6. The number of carboxylic acid groups (broad SMARTS) is 1. The van der Waals surface area contributed by atoms with E-state index in [2.05, 4.69) is 0 Å². The van der Waals surface area contributed by atoms with Crippen LogP contribution in [0.1, 0.15) is 21.5 Å². The lowest BCUT2D eigenvalue weighted by Gasteiger charge is -2.00. The molecule has 0 atom stereocenters. The highest BCUT2D eigenvalue weighted by Crippen LogP contribution is 2.20. The Hall–Kier alpha value is -1.90. The number of aliphatic carboxylic acids is 1. The van der Waals surface area contributed by atoms with Crippen LogP contribution in [0.3, 0.4) is 0 Å². The molecule has 1 aliphatic rings. The first-order chi connectivity index (χ1) is 6.66. The molecule has 0 amide bonds. The molecule has 0 saturated carbocycles. The molecule has 0 aromatic heterocycles. The molecule has 0 unspecified atom stereocenters. The summed E-state index contributed by atoms with van der Waals surface area (Å²) in [5.41, 5.74) is 2.18. The zero-order chi connectivity index (χ0) is 10.1. The minimum atomic E-state index is -0.863. The quantitative estimate of drug-likeness (QED) is 0.765. The molecule has 0 saturated heterocycles. The van der Waals surface area contributed by atoms with E-state index in [0.717, 1.165) is 11.1 Å². The van der Waals surface area contributed by atoms with Crippen LogP contribution in [0.15, 0.2) is 24.3 Å². The molecule has 1 aromatic rings. The molecule has 14 heavy (non-hydrogen) atoms. The van der Waals surface area contributed by atoms with E-state index in [0.29, 0.717) is 5.56 Å². The minimum Gasteiger partial charge on any atom is -0.481 e. The first-order valence-corrected chi connectivity index (χ1v) is 4.24. The van der Waals surface area contributed by atoms with E-state index in [4.69, 9.17) is 5.11 Å². The fourth-order valence-corrected chi connectivity index (χ4v) is 1.51. The van der Waals surface area contributed by atoms with Gasteiger partial charge in [0.25, 0.3) is 0 Å². The van der Waals surface area contributed by atoms with E-state index in [1.54, 1.807) is 24.3 Å². The van der Waals surface area contributed by atoms with Crippen LogP contribution in [-0.4, -0.2) is 16.9 Å². The lowest BCUT2D eigenvalue weighted by atomic mass is 10.0. The Morgan fingerprint density at radius 3 is 2.79 bits per heavy atom. The lowest BCUT2D eigenvalue weighted by Crippen LogP contribution is -2.01. The van der Waals surface area contributed by atoms with E-state index >= 15 is 0 Å². The second kappa shape index (κ2) is 3.10. The van der Waals surface area contributed by atoms with Gasteiger partial charge in [0.2, 0.25) is 0 Å². The number of hydrogen-bond acceptors (Lipinski definition) is 2. The van der Waals surface area contributed by atoms with Crippen LogP contribution in [-0.2, 0) is 11.2 Å². The molecule has 1 aromatic carbocycles. The second-order valence-corrected chi connectivity index (χ2v) is 3.19. The van der Waals surface area contributed by atoms with Gasteiger partial charge in [0.1, 0.15) is 0 Å². The molecule has 3 heteroatoms. The van der Waals surface area contributed by atoms with Crippen molar-refractivity contribution in [3.63, 3.8) is 0 Å². The zero-order valence-corrected chi connectivity index (χ0v) is 7.36. The van der Waals surface area contributed by atoms with E-state index in [1.165, 1.54) is 6.08 Å². The third-order valence-corrected chi connectivity index (χ3v) is 2.15. The normalized spacial score (nSPS) is 13.0. The van der Waals surface area contributed by atoms with Crippen LogP contribution < -0.4 is 0 Å². The Bertz CT molecular complexity index is 444. The first kappa shape index (κ1) is 8.69. The van der Waals surface area contributed by atoms with Gasteiger partial charge in [0, 0.05) is 5.56 Å². The molecular formula is C11H8O3. The van der Waals surface area contributed by atoms with Gasteiger partial charge in [-0.05, 0) is 17.2 Å². The highest BCUT2D eigenvalue weighted by molar-refractivity contribution is 6.13. The van der Waals surface area contributed by atoms with Crippen LogP contribution in [0.25, 0.3) is 6.08 Å². The van der Waals surface area contributed by atoms with Gasteiger partial charge in [0.15, 0.2) is 5.78 Å². The number of carboxylic acids is 1. The zero-order valence-electron chi connectivity index (χ0n) is 7.36.